The highest BCUT2D eigenvalue weighted by atomic mass is 32.1. The fraction of sp³-hybridized carbons (Fsp3) is 0.800. The van der Waals surface area contributed by atoms with Gasteiger partial charge in [-0.25, -0.2) is 0 Å². The molecule has 0 aromatic rings. The van der Waals surface area contributed by atoms with Crippen LogP contribution in [0.4, 0.5) is 13.2 Å². The summed E-state index contributed by atoms with van der Waals surface area (Å²) >= 11 is 4.26. The van der Waals surface area contributed by atoms with E-state index in [0.717, 1.165) is 0 Å². The van der Waals surface area contributed by atoms with Crippen molar-refractivity contribution in [1.82, 2.24) is 0 Å². The second-order valence-electron chi connectivity index (χ2n) is 1.60. The summed E-state index contributed by atoms with van der Waals surface area (Å²) in [6.45, 7) is 1.78. The van der Waals surface area contributed by atoms with Crippen molar-refractivity contribution in [3.05, 3.63) is 0 Å². The molecule has 0 amide bonds. The highest BCUT2D eigenvalue weighted by Crippen LogP contribution is 2.20. The molecule has 0 rings (SSSR count). The third-order valence-electron chi connectivity index (χ3n) is 0.650. The van der Waals surface area contributed by atoms with Gasteiger partial charge in [-0.05, 0) is 19.1 Å². The number of ether oxygens (including phenoxy) is 1. The maximum absolute atomic E-state index is 11.5. The van der Waals surface area contributed by atoms with Gasteiger partial charge < -0.3 is 4.74 Å². The van der Waals surface area contributed by atoms with Crippen molar-refractivity contribution in [2.75, 3.05) is 6.61 Å². The zero-order valence-electron chi connectivity index (χ0n) is 5.36. The zero-order chi connectivity index (χ0) is 8.20. The molecule has 0 aliphatic rings. The standard InChI is InChI=1S/C5H7F3OS/c1-2-9-4(10)3-5(6,7)8/h2-3H2,1H3. The fourth-order valence-corrected chi connectivity index (χ4v) is 0.657. The Morgan fingerprint density at radius 3 is 2.30 bits per heavy atom. The van der Waals surface area contributed by atoms with Gasteiger partial charge in [0, 0.05) is 0 Å². The topological polar surface area (TPSA) is 9.23 Å². The lowest BCUT2D eigenvalue weighted by atomic mass is 10.4. The molecule has 0 N–H and O–H groups in total. The van der Waals surface area contributed by atoms with Crippen LogP contribution in [0.15, 0.2) is 0 Å². The molecule has 0 aromatic heterocycles. The van der Waals surface area contributed by atoms with Crippen molar-refractivity contribution in [3.63, 3.8) is 0 Å². The Balaban J connectivity index is 3.58. The van der Waals surface area contributed by atoms with E-state index in [-0.39, 0.29) is 6.61 Å². The minimum absolute atomic E-state index is 0.189. The van der Waals surface area contributed by atoms with E-state index in [0.29, 0.717) is 0 Å². The Morgan fingerprint density at radius 1 is 1.50 bits per heavy atom. The first-order valence-electron chi connectivity index (χ1n) is 2.68. The molecule has 0 aromatic carbocycles. The lowest BCUT2D eigenvalue weighted by Gasteiger charge is -2.06. The van der Waals surface area contributed by atoms with Gasteiger partial charge >= 0.3 is 6.18 Å². The summed E-state index contributed by atoms with van der Waals surface area (Å²) in [5.74, 6) is 0. The van der Waals surface area contributed by atoms with E-state index in [1.807, 2.05) is 0 Å². The van der Waals surface area contributed by atoms with E-state index in [2.05, 4.69) is 17.0 Å². The molecule has 0 fully saturated rings. The van der Waals surface area contributed by atoms with Gasteiger partial charge in [0.25, 0.3) is 0 Å². The monoisotopic (exact) mass is 172 g/mol. The number of hydrogen-bond acceptors (Lipinski definition) is 2. The molecule has 0 bridgehead atoms. The first kappa shape index (κ1) is 9.68. The van der Waals surface area contributed by atoms with E-state index in [4.69, 9.17) is 0 Å². The van der Waals surface area contributed by atoms with Crippen LogP contribution in [0.1, 0.15) is 13.3 Å². The van der Waals surface area contributed by atoms with Crippen molar-refractivity contribution >= 4 is 17.3 Å². The van der Waals surface area contributed by atoms with E-state index in [1.54, 1.807) is 6.92 Å². The SMILES string of the molecule is CCOC(=S)CC(F)(F)F. The molecule has 0 radical (unpaired) electrons. The van der Waals surface area contributed by atoms with E-state index in [1.165, 1.54) is 0 Å². The smallest absolute Gasteiger partial charge is 0.396 e. The number of rotatable bonds is 2. The van der Waals surface area contributed by atoms with E-state index >= 15 is 0 Å². The van der Waals surface area contributed by atoms with Gasteiger partial charge in [0.2, 0.25) is 0 Å². The highest BCUT2D eigenvalue weighted by Gasteiger charge is 2.29. The van der Waals surface area contributed by atoms with Crippen molar-refractivity contribution in [3.8, 4) is 0 Å². The number of thiocarbonyl (C=S) groups is 1. The molecule has 1 nitrogen and oxygen atoms in total. The van der Waals surface area contributed by atoms with Gasteiger partial charge in [-0.2, -0.15) is 13.2 Å². The highest BCUT2D eigenvalue weighted by molar-refractivity contribution is 7.80. The maximum Gasteiger partial charge on any atom is 0.396 e. The molecule has 10 heavy (non-hydrogen) atoms. The summed E-state index contributed by atoms with van der Waals surface area (Å²) in [5, 5.41) is -0.394. The van der Waals surface area contributed by atoms with Crippen LogP contribution in [0, 0.1) is 0 Å². The van der Waals surface area contributed by atoms with Crippen LogP contribution in [-0.4, -0.2) is 17.8 Å². The summed E-state index contributed by atoms with van der Waals surface area (Å²) in [6, 6.07) is 0. The van der Waals surface area contributed by atoms with E-state index < -0.39 is 17.6 Å². The van der Waals surface area contributed by atoms with Gasteiger partial charge in [-0.1, -0.05) is 0 Å². The lowest BCUT2D eigenvalue weighted by molar-refractivity contribution is -0.123. The largest absolute Gasteiger partial charge is 0.487 e. The quantitative estimate of drug-likeness (QED) is 0.591. The maximum atomic E-state index is 11.5. The molecule has 0 aliphatic heterocycles. The molecule has 5 heteroatoms. The van der Waals surface area contributed by atoms with Crippen LogP contribution < -0.4 is 0 Å². The minimum Gasteiger partial charge on any atom is -0.487 e. The Morgan fingerprint density at radius 2 is 2.00 bits per heavy atom. The van der Waals surface area contributed by atoms with Crippen LogP contribution in [0.25, 0.3) is 0 Å². The lowest BCUT2D eigenvalue weighted by Crippen LogP contribution is -2.15. The normalized spacial score (nSPS) is 11.2. The molecule has 0 saturated carbocycles. The predicted octanol–water partition coefficient (Wildman–Crippen LogP) is 2.30. The number of alkyl halides is 3. The average Bonchev–Trinajstić information content (AvgIpc) is 1.59. The molecule has 0 aliphatic carbocycles. The summed E-state index contributed by atoms with van der Waals surface area (Å²) in [5.41, 5.74) is 0. The second kappa shape index (κ2) is 3.75. The molecule has 0 heterocycles. The third-order valence-corrected chi connectivity index (χ3v) is 0.912. The number of hydrogen-bond donors (Lipinski definition) is 0. The molecule has 0 unspecified atom stereocenters. The summed E-state index contributed by atoms with van der Waals surface area (Å²) in [4.78, 5) is 0. The van der Waals surface area contributed by atoms with Gasteiger partial charge in [0.05, 0.1) is 6.61 Å². The molecule has 0 saturated heterocycles. The van der Waals surface area contributed by atoms with Gasteiger partial charge in [-0.15, -0.1) is 0 Å². The average molecular weight is 172 g/mol. The van der Waals surface area contributed by atoms with Crippen molar-refractivity contribution in [2.45, 2.75) is 19.5 Å². The first-order chi connectivity index (χ1) is 4.45. The molecule has 0 atom stereocenters. The predicted molar refractivity (Wildman–Crippen MR) is 34.9 cm³/mol. The number of halogens is 3. The molecule has 60 valence electrons. The fourth-order valence-electron chi connectivity index (χ4n) is 0.376. The van der Waals surface area contributed by atoms with E-state index in [9.17, 15) is 13.2 Å². The van der Waals surface area contributed by atoms with Gasteiger partial charge in [0.1, 0.15) is 6.42 Å². The zero-order valence-corrected chi connectivity index (χ0v) is 6.18. The van der Waals surface area contributed by atoms with Crippen LogP contribution >= 0.6 is 12.2 Å². The minimum atomic E-state index is -4.24. The van der Waals surface area contributed by atoms with Crippen LogP contribution in [0.2, 0.25) is 0 Å². The van der Waals surface area contributed by atoms with Crippen LogP contribution in [0.3, 0.4) is 0 Å². The Bertz CT molecular complexity index is 121. The van der Waals surface area contributed by atoms with Crippen molar-refractivity contribution < 1.29 is 17.9 Å². The Kier molecular flexibility index (Phi) is 3.63. The first-order valence-corrected chi connectivity index (χ1v) is 3.09. The molecular weight excluding hydrogens is 165 g/mol. The summed E-state index contributed by atoms with van der Waals surface area (Å²) in [6.07, 6.45) is -5.37. The van der Waals surface area contributed by atoms with Crippen LogP contribution in [0.5, 0.6) is 0 Å². The second-order valence-corrected chi connectivity index (χ2v) is 2.05. The van der Waals surface area contributed by atoms with Crippen molar-refractivity contribution in [1.29, 1.82) is 0 Å². The Labute approximate surface area is 62.2 Å². The summed E-state index contributed by atoms with van der Waals surface area (Å²) < 4.78 is 38.8. The Hall–Kier alpha value is -0.320. The van der Waals surface area contributed by atoms with Gasteiger partial charge in [0.15, 0.2) is 5.05 Å². The summed E-state index contributed by atoms with van der Waals surface area (Å²) in [7, 11) is 0. The van der Waals surface area contributed by atoms with Crippen molar-refractivity contribution in [2.24, 2.45) is 0 Å². The van der Waals surface area contributed by atoms with Crippen LogP contribution in [-0.2, 0) is 4.74 Å². The molecular formula is C5H7F3OS. The molecule has 0 spiro atoms. The third kappa shape index (κ3) is 5.81. The van der Waals surface area contributed by atoms with Gasteiger partial charge in [-0.3, -0.25) is 0 Å².